The zero-order valence-corrected chi connectivity index (χ0v) is 11.9. The molecule has 0 bridgehead atoms. The zero-order chi connectivity index (χ0) is 13.8. The third kappa shape index (κ3) is 3.98. The van der Waals surface area contributed by atoms with E-state index in [-0.39, 0.29) is 5.91 Å². The molecule has 1 amide bonds. The second-order valence-electron chi connectivity index (χ2n) is 4.33. The number of halogens is 2. The smallest absolute Gasteiger partial charge is 0.251 e. The fourth-order valence-corrected chi connectivity index (χ4v) is 2.20. The molecule has 0 fully saturated rings. The van der Waals surface area contributed by atoms with Crippen LogP contribution in [0.15, 0.2) is 42.5 Å². The van der Waals surface area contributed by atoms with Gasteiger partial charge in [0.1, 0.15) is 0 Å². The maximum absolute atomic E-state index is 12.0. The highest BCUT2D eigenvalue weighted by atomic mass is 35.5. The number of carbonyl (C=O) groups is 1. The fourth-order valence-electron chi connectivity index (χ4n) is 1.68. The Morgan fingerprint density at radius 3 is 2.21 bits per heavy atom. The average Bonchev–Trinajstić information content (AvgIpc) is 2.36. The molecule has 98 valence electrons. The minimum atomic E-state index is -0.190. The van der Waals surface area contributed by atoms with Gasteiger partial charge >= 0.3 is 0 Å². The summed E-state index contributed by atoms with van der Waals surface area (Å²) >= 11 is 11.7. The summed E-state index contributed by atoms with van der Waals surface area (Å²) in [6.45, 7) is 2.50. The van der Waals surface area contributed by atoms with Crippen LogP contribution in [0.2, 0.25) is 10.0 Å². The van der Waals surface area contributed by atoms with E-state index in [1.807, 2.05) is 31.2 Å². The van der Waals surface area contributed by atoms with Crippen LogP contribution in [0.25, 0.3) is 0 Å². The van der Waals surface area contributed by atoms with E-state index < -0.39 is 0 Å². The van der Waals surface area contributed by atoms with Gasteiger partial charge in [0.15, 0.2) is 0 Å². The number of carbonyl (C=O) groups excluding carboxylic acids is 1. The summed E-state index contributed by atoms with van der Waals surface area (Å²) < 4.78 is 0. The molecule has 0 atom stereocenters. The molecule has 19 heavy (non-hydrogen) atoms. The number of nitrogens with one attached hydrogen (secondary N) is 1. The van der Waals surface area contributed by atoms with E-state index in [0.717, 1.165) is 5.56 Å². The first-order valence-corrected chi connectivity index (χ1v) is 6.60. The quantitative estimate of drug-likeness (QED) is 0.901. The third-order valence-electron chi connectivity index (χ3n) is 2.70. The maximum Gasteiger partial charge on any atom is 0.251 e. The Morgan fingerprint density at radius 1 is 1.05 bits per heavy atom. The number of amides is 1. The van der Waals surface area contributed by atoms with Gasteiger partial charge in [-0.05, 0) is 30.7 Å². The zero-order valence-electron chi connectivity index (χ0n) is 10.4. The number of rotatable bonds is 3. The molecular weight excluding hydrogens is 281 g/mol. The highest BCUT2D eigenvalue weighted by Crippen LogP contribution is 2.19. The molecule has 0 saturated carbocycles. The number of hydrogen-bond donors (Lipinski definition) is 1. The normalized spacial score (nSPS) is 10.3. The lowest BCUT2D eigenvalue weighted by Crippen LogP contribution is -2.22. The van der Waals surface area contributed by atoms with E-state index in [0.29, 0.717) is 22.2 Å². The monoisotopic (exact) mass is 293 g/mol. The first kappa shape index (κ1) is 13.9. The molecule has 0 aliphatic heterocycles. The van der Waals surface area contributed by atoms with Crippen molar-refractivity contribution in [2.24, 2.45) is 0 Å². The van der Waals surface area contributed by atoms with Crippen LogP contribution >= 0.6 is 23.2 Å². The Morgan fingerprint density at radius 2 is 1.63 bits per heavy atom. The second kappa shape index (κ2) is 6.09. The van der Waals surface area contributed by atoms with Gasteiger partial charge in [-0.3, -0.25) is 4.79 Å². The van der Waals surface area contributed by atoms with Gasteiger partial charge in [-0.2, -0.15) is 0 Å². The van der Waals surface area contributed by atoms with Crippen molar-refractivity contribution in [3.05, 3.63) is 69.2 Å². The highest BCUT2D eigenvalue weighted by molar-refractivity contribution is 6.35. The maximum atomic E-state index is 12.0. The second-order valence-corrected chi connectivity index (χ2v) is 5.20. The lowest BCUT2D eigenvalue weighted by molar-refractivity contribution is 0.0951. The van der Waals surface area contributed by atoms with Gasteiger partial charge < -0.3 is 5.32 Å². The summed E-state index contributed by atoms with van der Waals surface area (Å²) in [5.74, 6) is -0.190. The van der Waals surface area contributed by atoms with Crippen molar-refractivity contribution in [2.45, 2.75) is 13.5 Å². The summed E-state index contributed by atoms with van der Waals surface area (Å²) in [7, 11) is 0. The van der Waals surface area contributed by atoms with Crippen LogP contribution in [-0.4, -0.2) is 5.91 Å². The van der Waals surface area contributed by atoms with E-state index >= 15 is 0 Å². The van der Waals surface area contributed by atoms with Crippen LogP contribution in [0, 0.1) is 6.92 Å². The van der Waals surface area contributed by atoms with E-state index in [1.54, 1.807) is 18.2 Å². The Bertz CT molecular complexity index is 573. The van der Waals surface area contributed by atoms with Gasteiger partial charge in [-0.1, -0.05) is 53.0 Å². The minimum absolute atomic E-state index is 0.190. The van der Waals surface area contributed by atoms with Crippen molar-refractivity contribution in [1.82, 2.24) is 5.32 Å². The molecule has 0 radical (unpaired) electrons. The summed E-state index contributed by atoms with van der Waals surface area (Å²) in [6.07, 6.45) is 0. The summed E-state index contributed by atoms with van der Waals surface area (Å²) in [4.78, 5) is 12.0. The molecule has 2 nitrogen and oxygen atoms in total. The number of benzene rings is 2. The van der Waals surface area contributed by atoms with Crippen molar-refractivity contribution in [1.29, 1.82) is 0 Å². The van der Waals surface area contributed by atoms with Crippen molar-refractivity contribution >= 4 is 29.1 Å². The van der Waals surface area contributed by atoms with E-state index in [9.17, 15) is 4.79 Å². The topological polar surface area (TPSA) is 29.1 Å². The molecule has 0 aromatic heterocycles. The van der Waals surface area contributed by atoms with Gasteiger partial charge in [0, 0.05) is 22.2 Å². The van der Waals surface area contributed by atoms with Gasteiger partial charge in [0.2, 0.25) is 0 Å². The van der Waals surface area contributed by atoms with Crippen molar-refractivity contribution in [3.63, 3.8) is 0 Å². The van der Waals surface area contributed by atoms with E-state index in [2.05, 4.69) is 5.32 Å². The molecule has 0 saturated heterocycles. The summed E-state index contributed by atoms with van der Waals surface area (Å²) in [5, 5.41) is 3.74. The fraction of sp³-hybridized carbons (Fsp3) is 0.133. The van der Waals surface area contributed by atoms with E-state index in [4.69, 9.17) is 23.2 Å². The molecule has 0 unspecified atom stereocenters. The molecule has 4 heteroatoms. The Hall–Kier alpha value is -1.51. The first-order chi connectivity index (χ1) is 9.04. The number of aryl methyl sites for hydroxylation is 1. The summed E-state index contributed by atoms with van der Waals surface area (Å²) in [6, 6.07) is 12.8. The standard InChI is InChI=1S/C15H13Cl2NO/c1-10-2-4-11(5-3-10)9-18-15(19)12-6-13(16)8-14(17)7-12/h2-8H,9H2,1H3,(H,18,19). The largest absolute Gasteiger partial charge is 0.348 e. The number of hydrogen-bond acceptors (Lipinski definition) is 1. The van der Waals surface area contributed by atoms with E-state index in [1.165, 1.54) is 5.56 Å². The van der Waals surface area contributed by atoms with Crippen LogP contribution < -0.4 is 5.32 Å². The molecule has 2 aromatic carbocycles. The lowest BCUT2D eigenvalue weighted by Gasteiger charge is -2.06. The van der Waals surface area contributed by atoms with Crippen LogP contribution in [0.1, 0.15) is 21.5 Å². The third-order valence-corrected chi connectivity index (χ3v) is 3.13. The predicted molar refractivity (Wildman–Crippen MR) is 78.8 cm³/mol. The highest BCUT2D eigenvalue weighted by Gasteiger charge is 2.07. The molecule has 0 spiro atoms. The van der Waals surface area contributed by atoms with Crippen molar-refractivity contribution < 1.29 is 4.79 Å². The van der Waals surface area contributed by atoms with Gasteiger partial charge in [0.25, 0.3) is 5.91 Å². The van der Waals surface area contributed by atoms with Crippen LogP contribution in [0.3, 0.4) is 0 Å². The van der Waals surface area contributed by atoms with Gasteiger partial charge in [-0.15, -0.1) is 0 Å². The van der Waals surface area contributed by atoms with Crippen molar-refractivity contribution in [2.75, 3.05) is 0 Å². The molecule has 1 N–H and O–H groups in total. The Kier molecular flexibility index (Phi) is 4.46. The van der Waals surface area contributed by atoms with Crippen LogP contribution in [0.4, 0.5) is 0 Å². The summed E-state index contributed by atoms with van der Waals surface area (Å²) in [5.41, 5.74) is 2.70. The molecular formula is C15H13Cl2NO. The Labute approximate surface area is 122 Å². The lowest BCUT2D eigenvalue weighted by atomic mass is 10.1. The average molecular weight is 294 g/mol. The molecule has 2 rings (SSSR count). The Balaban J connectivity index is 2.03. The van der Waals surface area contributed by atoms with Gasteiger partial charge in [0.05, 0.1) is 0 Å². The van der Waals surface area contributed by atoms with Gasteiger partial charge in [-0.25, -0.2) is 0 Å². The molecule has 2 aromatic rings. The molecule has 0 aliphatic rings. The molecule has 0 heterocycles. The van der Waals surface area contributed by atoms with Crippen LogP contribution in [-0.2, 0) is 6.54 Å². The molecule has 0 aliphatic carbocycles. The van der Waals surface area contributed by atoms with Crippen LogP contribution in [0.5, 0.6) is 0 Å². The first-order valence-electron chi connectivity index (χ1n) is 5.84. The predicted octanol–water partition coefficient (Wildman–Crippen LogP) is 4.23. The SMILES string of the molecule is Cc1ccc(CNC(=O)c2cc(Cl)cc(Cl)c2)cc1. The van der Waals surface area contributed by atoms with Crippen molar-refractivity contribution in [3.8, 4) is 0 Å². The minimum Gasteiger partial charge on any atom is -0.348 e.